The Hall–Kier alpha value is -16.1. The fourth-order valence-electron chi connectivity index (χ4n) is 21.4. The minimum absolute atomic E-state index is 0.895. The van der Waals surface area contributed by atoms with Crippen LogP contribution in [-0.4, -0.2) is 13.7 Å². The standard InChI is InChI=1S/C44H25NO2.C44H25NOS.C32H19NS2/c1-2-13-28(14-3-1)45-38-19-8-6-15-29(38)37-25-35(33-18-10-17-32-30-16-7-9-20-39(30)46-43(32)33)31-21-22-34-36-23-26-11-4-5-12-27(26)24-40(36)47-44(34)41(31)42(37)45;1-2-11-28(12-3-1)45-36-16-8-6-15-33(36)42-37(45)25-35(27-18-20-31-30-14-7-9-17-39(30)47-40(31)24-27)32-21-22-34-41-29-13-5-4-10-26(29)19-23-38(41)46-44(34)43(32)42;1-2-8-20(9-3-1)33-17-16-25-28(33)18-26(27-19-34-29-12-6-4-11-22(27)29)23-14-15-24-21-10-5-7-13-30(21)35-32(24)31(23)25/h2*1-25H;1-19H. The second-order valence-corrected chi connectivity index (χ2v) is 36.9. The Bertz CT molecular complexity index is 9980. The summed E-state index contributed by atoms with van der Waals surface area (Å²) in [6.07, 6.45) is 2.22. The molecule has 0 aliphatic rings. The van der Waals surface area contributed by atoms with E-state index in [1.165, 1.54) is 165 Å². The van der Waals surface area contributed by atoms with Gasteiger partial charge < -0.3 is 27.0 Å². The van der Waals surface area contributed by atoms with Gasteiger partial charge in [0.1, 0.15) is 33.5 Å². The van der Waals surface area contributed by atoms with Gasteiger partial charge >= 0.3 is 0 Å². The summed E-state index contributed by atoms with van der Waals surface area (Å²) in [5.41, 5.74) is 22.1. The zero-order valence-electron chi connectivity index (χ0n) is 69.1. The fraction of sp³-hybridized carbons (Fsp3) is 0. The SMILES string of the molecule is c1ccc(-n2c3ccccc3c3c4c(ccc5c4oc4ccc6ccccc6c45)c(-c4ccc5c(c4)sc4ccccc45)cc32)cc1.c1ccc(-n2c3ccccc3c3cc(-c4cccc5c4oc4ccccc45)c4ccc5c6cc7ccccc7cc6oc5c4c32)cc1.c1ccc(-n2ccc3c4c(ccc5c6ccccc6sc54)c(-c4csc5ccccc45)cc32)cc1. The van der Waals surface area contributed by atoms with Gasteiger partial charge in [0, 0.05) is 155 Å². The van der Waals surface area contributed by atoms with E-state index in [0.29, 0.717) is 0 Å². The van der Waals surface area contributed by atoms with Crippen LogP contribution in [0.4, 0.5) is 0 Å². The first kappa shape index (κ1) is 72.2. The highest BCUT2D eigenvalue weighted by Gasteiger charge is 2.28. The van der Waals surface area contributed by atoms with Crippen LogP contribution in [0.5, 0.6) is 0 Å². The third kappa shape index (κ3) is 10.8. The van der Waals surface area contributed by atoms with Gasteiger partial charge in [-0.1, -0.05) is 273 Å². The van der Waals surface area contributed by atoms with Gasteiger partial charge in [0.2, 0.25) is 0 Å². The molecule has 0 N–H and O–H groups in total. The molecule has 129 heavy (non-hydrogen) atoms. The number of aromatic nitrogens is 3. The van der Waals surface area contributed by atoms with Crippen molar-refractivity contribution in [3.05, 3.63) is 418 Å². The molecule has 0 spiro atoms. The van der Waals surface area contributed by atoms with Crippen LogP contribution in [0.1, 0.15) is 0 Å². The van der Waals surface area contributed by atoms with Crippen molar-refractivity contribution in [2.24, 2.45) is 0 Å². The molecule has 0 saturated heterocycles. The van der Waals surface area contributed by atoms with Gasteiger partial charge in [-0.15, -0.1) is 34.0 Å². The maximum Gasteiger partial charge on any atom is 0.145 e. The lowest BCUT2D eigenvalue weighted by atomic mass is 9.92. The predicted octanol–water partition coefficient (Wildman–Crippen LogP) is 35.6. The molecule has 0 amide bonds. The molecule has 9 aromatic heterocycles. The third-order valence-electron chi connectivity index (χ3n) is 27.0. The Balaban J connectivity index is 0.0000000988. The quantitative estimate of drug-likeness (QED) is 0.167. The average molecular weight is 1700 g/mol. The number of furan rings is 3. The number of hydrogen-bond acceptors (Lipinski definition) is 6. The van der Waals surface area contributed by atoms with Crippen molar-refractivity contribution in [1.82, 2.24) is 13.7 Å². The minimum atomic E-state index is 0.895. The van der Waals surface area contributed by atoms with Crippen LogP contribution in [-0.2, 0) is 0 Å². The van der Waals surface area contributed by atoms with Gasteiger partial charge in [-0.3, -0.25) is 0 Å². The molecule has 0 radical (unpaired) electrons. The van der Waals surface area contributed by atoms with E-state index in [9.17, 15) is 0 Å². The zero-order valence-corrected chi connectivity index (χ0v) is 71.6. The molecule has 600 valence electrons. The van der Waals surface area contributed by atoms with Gasteiger partial charge in [0.15, 0.2) is 0 Å². The van der Waals surface area contributed by atoms with Crippen LogP contribution in [0.15, 0.2) is 431 Å². The number of fused-ring (bicyclic) bond motifs is 35. The molecule has 9 heterocycles. The number of benzene rings is 21. The van der Waals surface area contributed by atoms with Crippen LogP contribution < -0.4 is 0 Å². The topological polar surface area (TPSA) is 54.2 Å². The molecule has 0 fully saturated rings. The summed E-state index contributed by atoms with van der Waals surface area (Å²) in [4.78, 5) is 0. The first-order chi connectivity index (χ1) is 64.0. The van der Waals surface area contributed by atoms with Crippen molar-refractivity contribution in [2.45, 2.75) is 0 Å². The van der Waals surface area contributed by atoms with E-state index in [4.69, 9.17) is 13.3 Å². The number of thiophene rings is 3. The average Bonchev–Trinajstić information content (AvgIpc) is 1.55. The van der Waals surface area contributed by atoms with E-state index in [0.717, 1.165) is 110 Å². The molecule has 21 aromatic carbocycles. The Kier molecular flexibility index (Phi) is 15.8. The summed E-state index contributed by atoms with van der Waals surface area (Å²) in [6.45, 7) is 0. The second kappa shape index (κ2) is 28.2. The molecular formula is C120H69N3O3S3. The van der Waals surface area contributed by atoms with Crippen molar-refractivity contribution in [2.75, 3.05) is 0 Å². The second-order valence-electron chi connectivity index (χ2n) is 33.9. The maximum atomic E-state index is 6.96. The first-order valence-corrected chi connectivity index (χ1v) is 46.3. The first-order valence-electron chi connectivity index (χ1n) is 43.8. The Morgan fingerprint density at radius 2 is 0.736 bits per heavy atom. The summed E-state index contributed by atoms with van der Waals surface area (Å²) in [5.74, 6) is 0. The molecule has 0 unspecified atom stereocenters. The van der Waals surface area contributed by atoms with Crippen molar-refractivity contribution in [3.63, 3.8) is 0 Å². The van der Waals surface area contributed by atoms with Crippen molar-refractivity contribution in [1.29, 1.82) is 0 Å². The highest BCUT2D eigenvalue weighted by Crippen LogP contribution is 2.53. The molecule has 0 aliphatic carbocycles. The van der Waals surface area contributed by atoms with Gasteiger partial charge in [-0.25, -0.2) is 0 Å². The molecule has 0 atom stereocenters. The van der Waals surface area contributed by atoms with Gasteiger partial charge in [-0.2, -0.15) is 0 Å². The summed E-state index contributed by atoms with van der Waals surface area (Å²) in [6, 6.07) is 147. The van der Waals surface area contributed by atoms with Gasteiger partial charge in [0.25, 0.3) is 0 Å². The lowest BCUT2D eigenvalue weighted by Gasteiger charge is -2.13. The molecule has 0 aliphatic heterocycles. The Labute approximate surface area is 748 Å². The third-order valence-corrected chi connectivity index (χ3v) is 30.3. The maximum absolute atomic E-state index is 6.96. The largest absolute Gasteiger partial charge is 0.455 e. The predicted molar refractivity (Wildman–Crippen MR) is 552 cm³/mol. The minimum Gasteiger partial charge on any atom is -0.455 e. The molecule has 0 saturated carbocycles. The highest BCUT2D eigenvalue weighted by atomic mass is 32.1. The van der Waals surface area contributed by atoms with Crippen molar-refractivity contribution >= 4 is 259 Å². The highest BCUT2D eigenvalue weighted by molar-refractivity contribution is 7.27. The molecule has 6 nitrogen and oxygen atoms in total. The summed E-state index contributed by atoms with van der Waals surface area (Å²) in [7, 11) is 0. The lowest BCUT2D eigenvalue weighted by Crippen LogP contribution is -1.95. The number of hydrogen-bond donors (Lipinski definition) is 0. The number of para-hydroxylation sites is 7. The monoisotopic (exact) mass is 1700 g/mol. The lowest BCUT2D eigenvalue weighted by molar-refractivity contribution is 0.670. The van der Waals surface area contributed by atoms with Gasteiger partial charge in [0.05, 0.1) is 33.0 Å². The van der Waals surface area contributed by atoms with E-state index in [1.54, 1.807) is 0 Å². The van der Waals surface area contributed by atoms with Gasteiger partial charge in [-0.05, 0) is 199 Å². The molecule has 9 heteroatoms. The van der Waals surface area contributed by atoms with Crippen LogP contribution in [0.3, 0.4) is 0 Å². The molecule has 30 aromatic rings. The summed E-state index contributed by atoms with van der Waals surface area (Å²) < 4.78 is 34.3. The van der Waals surface area contributed by atoms with Crippen molar-refractivity contribution < 1.29 is 13.3 Å². The van der Waals surface area contributed by atoms with Crippen LogP contribution in [0.25, 0.3) is 275 Å². The summed E-state index contributed by atoms with van der Waals surface area (Å²) in [5, 5.41) is 34.0. The smallest absolute Gasteiger partial charge is 0.145 e. The van der Waals surface area contributed by atoms with E-state index in [2.05, 4.69) is 426 Å². The van der Waals surface area contributed by atoms with E-state index < -0.39 is 0 Å². The molecular weight excluding hydrogens is 1630 g/mol. The van der Waals surface area contributed by atoms with Crippen LogP contribution in [0.2, 0.25) is 0 Å². The van der Waals surface area contributed by atoms with E-state index >= 15 is 0 Å². The molecule has 0 bridgehead atoms. The Morgan fingerprint density at radius 1 is 0.209 bits per heavy atom. The van der Waals surface area contributed by atoms with E-state index in [-0.39, 0.29) is 0 Å². The summed E-state index contributed by atoms with van der Waals surface area (Å²) >= 11 is 5.61. The number of rotatable bonds is 6. The zero-order chi connectivity index (χ0) is 84.2. The Morgan fingerprint density at radius 3 is 1.52 bits per heavy atom. The van der Waals surface area contributed by atoms with Crippen LogP contribution >= 0.6 is 34.0 Å². The van der Waals surface area contributed by atoms with E-state index in [1.807, 2.05) is 40.1 Å². The van der Waals surface area contributed by atoms with Crippen LogP contribution in [0, 0.1) is 0 Å². The number of nitrogens with zero attached hydrogens (tertiary/aromatic N) is 3. The normalized spacial score (nSPS) is 12.2. The van der Waals surface area contributed by atoms with Crippen molar-refractivity contribution in [3.8, 4) is 50.4 Å². The fourth-order valence-corrected chi connectivity index (χ4v) is 24.7. The molecule has 30 rings (SSSR count).